The van der Waals surface area contributed by atoms with Gasteiger partial charge in [-0.25, -0.2) is 18.1 Å². The summed E-state index contributed by atoms with van der Waals surface area (Å²) in [4.78, 5) is 6.92. The number of hydrogen-bond acceptors (Lipinski definition) is 4. The summed E-state index contributed by atoms with van der Waals surface area (Å²) in [6.45, 7) is 2.02. The molecule has 0 aliphatic rings. The lowest BCUT2D eigenvalue weighted by atomic mass is 10.1. The van der Waals surface area contributed by atoms with Crippen molar-refractivity contribution in [2.45, 2.75) is 24.9 Å². The fourth-order valence-corrected chi connectivity index (χ4v) is 3.44. The SMILES string of the molecule is Cc1c(CN)cc(Cl)cc1S(=O)(=O)NCc1ncc[nH]1. The third kappa shape index (κ3) is 3.18. The van der Waals surface area contributed by atoms with Gasteiger partial charge in [-0.2, -0.15) is 0 Å². The fraction of sp³-hybridized carbons (Fsp3) is 0.250. The molecule has 0 atom stereocenters. The first-order chi connectivity index (χ1) is 9.44. The summed E-state index contributed by atoms with van der Waals surface area (Å²) in [7, 11) is -3.67. The van der Waals surface area contributed by atoms with Crippen LogP contribution in [0, 0.1) is 6.92 Å². The lowest BCUT2D eigenvalue weighted by Crippen LogP contribution is -2.25. The minimum Gasteiger partial charge on any atom is -0.347 e. The maximum Gasteiger partial charge on any atom is 0.241 e. The predicted molar refractivity (Wildman–Crippen MR) is 76.7 cm³/mol. The van der Waals surface area contributed by atoms with Crippen LogP contribution in [0.15, 0.2) is 29.4 Å². The Kier molecular flexibility index (Phi) is 4.44. The first-order valence-corrected chi connectivity index (χ1v) is 7.77. The molecule has 20 heavy (non-hydrogen) atoms. The van der Waals surface area contributed by atoms with Crippen molar-refractivity contribution in [3.05, 3.63) is 46.5 Å². The topological polar surface area (TPSA) is 101 Å². The molecule has 0 saturated carbocycles. The first-order valence-electron chi connectivity index (χ1n) is 5.91. The van der Waals surface area contributed by atoms with Crippen molar-refractivity contribution in [3.63, 3.8) is 0 Å². The molecule has 0 bridgehead atoms. The van der Waals surface area contributed by atoms with E-state index in [0.717, 1.165) is 0 Å². The van der Waals surface area contributed by atoms with Gasteiger partial charge in [-0.1, -0.05) is 11.6 Å². The Labute approximate surface area is 122 Å². The number of benzene rings is 1. The molecule has 8 heteroatoms. The maximum atomic E-state index is 12.3. The molecule has 2 rings (SSSR count). The Balaban J connectivity index is 2.31. The Morgan fingerprint density at radius 2 is 2.20 bits per heavy atom. The van der Waals surface area contributed by atoms with Crippen LogP contribution in [-0.4, -0.2) is 18.4 Å². The first kappa shape index (κ1) is 15.0. The lowest BCUT2D eigenvalue weighted by Gasteiger charge is -2.12. The van der Waals surface area contributed by atoms with Crippen LogP contribution in [0.1, 0.15) is 17.0 Å². The summed E-state index contributed by atoms with van der Waals surface area (Å²) in [5.74, 6) is 0.535. The fourth-order valence-electron chi connectivity index (χ4n) is 1.84. The molecule has 0 amide bonds. The van der Waals surface area contributed by atoms with Crippen LogP contribution < -0.4 is 10.5 Å². The molecule has 6 nitrogen and oxygen atoms in total. The van der Waals surface area contributed by atoms with E-state index >= 15 is 0 Å². The summed E-state index contributed by atoms with van der Waals surface area (Å²) in [5.41, 5.74) is 6.90. The van der Waals surface area contributed by atoms with Gasteiger partial charge in [0, 0.05) is 24.0 Å². The van der Waals surface area contributed by atoms with Gasteiger partial charge in [-0.3, -0.25) is 0 Å². The summed E-state index contributed by atoms with van der Waals surface area (Å²) < 4.78 is 27.1. The number of aromatic amines is 1. The molecule has 0 saturated heterocycles. The molecule has 2 aromatic rings. The van der Waals surface area contributed by atoms with Crippen molar-refractivity contribution in [2.75, 3.05) is 0 Å². The van der Waals surface area contributed by atoms with Gasteiger partial charge in [-0.15, -0.1) is 0 Å². The smallest absolute Gasteiger partial charge is 0.241 e. The van der Waals surface area contributed by atoms with Crippen molar-refractivity contribution >= 4 is 21.6 Å². The largest absolute Gasteiger partial charge is 0.347 e. The van der Waals surface area contributed by atoms with Crippen LogP contribution >= 0.6 is 11.6 Å². The van der Waals surface area contributed by atoms with E-state index in [1.165, 1.54) is 6.07 Å². The Morgan fingerprint density at radius 3 is 2.80 bits per heavy atom. The molecule has 108 valence electrons. The number of hydrogen-bond donors (Lipinski definition) is 3. The molecule has 1 aromatic carbocycles. The van der Waals surface area contributed by atoms with Crippen LogP contribution in [0.5, 0.6) is 0 Å². The number of rotatable bonds is 5. The van der Waals surface area contributed by atoms with E-state index in [1.807, 2.05) is 0 Å². The Bertz CT molecular complexity index is 698. The number of imidazole rings is 1. The summed E-state index contributed by atoms with van der Waals surface area (Å²) in [6, 6.07) is 3.09. The quantitative estimate of drug-likeness (QED) is 0.774. The molecule has 0 fully saturated rings. The zero-order valence-corrected chi connectivity index (χ0v) is 12.4. The molecule has 0 aliphatic carbocycles. The van der Waals surface area contributed by atoms with Gasteiger partial charge in [-0.05, 0) is 30.2 Å². The second-order valence-electron chi connectivity index (χ2n) is 4.25. The number of nitrogens with two attached hydrogens (primary N) is 1. The number of aromatic nitrogens is 2. The van der Waals surface area contributed by atoms with Crippen LogP contribution in [-0.2, 0) is 23.1 Å². The van der Waals surface area contributed by atoms with Gasteiger partial charge in [0.05, 0.1) is 11.4 Å². The number of sulfonamides is 1. The van der Waals surface area contributed by atoms with E-state index in [4.69, 9.17) is 17.3 Å². The van der Waals surface area contributed by atoms with E-state index in [-0.39, 0.29) is 18.0 Å². The lowest BCUT2D eigenvalue weighted by molar-refractivity contribution is 0.579. The van der Waals surface area contributed by atoms with Gasteiger partial charge in [0.2, 0.25) is 10.0 Å². The molecule has 0 unspecified atom stereocenters. The highest BCUT2D eigenvalue weighted by atomic mass is 35.5. The predicted octanol–water partition coefficient (Wildman–Crippen LogP) is 1.31. The molecule has 1 aromatic heterocycles. The number of nitrogens with zero attached hydrogens (tertiary/aromatic N) is 1. The van der Waals surface area contributed by atoms with Gasteiger partial charge >= 0.3 is 0 Å². The standard InChI is InChI=1S/C12H15ClN4O2S/c1-8-9(6-14)4-10(13)5-11(8)20(18,19)17-7-12-15-2-3-16-12/h2-5,17H,6-7,14H2,1H3,(H,15,16). The van der Waals surface area contributed by atoms with Gasteiger partial charge in [0.15, 0.2) is 0 Å². The molecular formula is C12H15ClN4O2S. The average molecular weight is 315 g/mol. The summed E-state index contributed by atoms with van der Waals surface area (Å²) in [5, 5.41) is 0.342. The third-order valence-corrected chi connectivity index (χ3v) is 4.67. The number of halogens is 1. The molecule has 0 aliphatic heterocycles. The Morgan fingerprint density at radius 1 is 1.45 bits per heavy atom. The van der Waals surface area contributed by atoms with Crippen LogP contribution in [0.3, 0.4) is 0 Å². The summed E-state index contributed by atoms with van der Waals surface area (Å²) >= 11 is 5.94. The number of nitrogens with one attached hydrogen (secondary N) is 2. The maximum absolute atomic E-state index is 12.3. The van der Waals surface area contributed by atoms with Crippen LogP contribution in [0.2, 0.25) is 5.02 Å². The van der Waals surface area contributed by atoms with Crippen LogP contribution in [0.25, 0.3) is 0 Å². The monoisotopic (exact) mass is 314 g/mol. The zero-order chi connectivity index (χ0) is 14.8. The normalized spacial score (nSPS) is 11.8. The zero-order valence-electron chi connectivity index (χ0n) is 10.9. The summed E-state index contributed by atoms with van der Waals surface area (Å²) in [6.07, 6.45) is 3.18. The Hall–Kier alpha value is -1.41. The van der Waals surface area contributed by atoms with E-state index < -0.39 is 10.0 Å². The van der Waals surface area contributed by atoms with Gasteiger partial charge in [0.1, 0.15) is 5.82 Å². The van der Waals surface area contributed by atoms with Crippen molar-refractivity contribution < 1.29 is 8.42 Å². The second kappa shape index (κ2) is 5.92. The minimum absolute atomic E-state index is 0.0826. The van der Waals surface area contributed by atoms with Crippen molar-refractivity contribution in [1.29, 1.82) is 0 Å². The second-order valence-corrected chi connectivity index (χ2v) is 6.42. The molecule has 0 radical (unpaired) electrons. The molecule has 0 spiro atoms. The van der Waals surface area contributed by atoms with Crippen molar-refractivity contribution in [3.8, 4) is 0 Å². The number of H-pyrrole nitrogens is 1. The van der Waals surface area contributed by atoms with Crippen molar-refractivity contribution in [1.82, 2.24) is 14.7 Å². The van der Waals surface area contributed by atoms with Crippen LogP contribution in [0.4, 0.5) is 0 Å². The van der Waals surface area contributed by atoms with E-state index in [9.17, 15) is 8.42 Å². The van der Waals surface area contributed by atoms with Gasteiger partial charge in [0.25, 0.3) is 0 Å². The molecular weight excluding hydrogens is 300 g/mol. The van der Waals surface area contributed by atoms with E-state index in [1.54, 1.807) is 25.4 Å². The van der Waals surface area contributed by atoms with Gasteiger partial charge < -0.3 is 10.7 Å². The molecule has 1 heterocycles. The minimum atomic E-state index is -3.67. The highest BCUT2D eigenvalue weighted by Gasteiger charge is 2.19. The third-order valence-electron chi connectivity index (χ3n) is 2.93. The van der Waals surface area contributed by atoms with E-state index in [0.29, 0.717) is 22.0 Å². The highest BCUT2D eigenvalue weighted by Crippen LogP contribution is 2.24. The van der Waals surface area contributed by atoms with E-state index in [2.05, 4.69) is 14.7 Å². The highest BCUT2D eigenvalue weighted by molar-refractivity contribution is 7.89. The molecule has 4 N–H and O–H groups in total. The average Bonchev–Trinajstić information content (AvgIpc) is 2.92. The van der Waals surface area contributed by atoms with Crippen molar-refractivity contribution in [2.24, 2.45) is 5.73 Å².